The van der Waals surface area contributed by atoms with E-state index < -0.39 is 10.0 Å². The molecule has 3 rings (SSSR count). The molecule has 0 amide bonds. The van der Waals surface area contributed by atoms with Gasteiger partial charge >= 0.3 is 0 Å². The van der Waals surface area contributed by atoms with Crippen LogP contribution >= 0.6 is 0 Å². The van der Waals surface area contributed by atoms with Crippen LogP contribution in [0.2, 0.25) is 0 Å². The predicted octanol–water partition coefficient (Wildman–Crippen LogP) is 0.661. The first kappa shape index (κ1) is 15.3. The number of ether oxygens (including phenoxy) is 1. The topological polar surface area (TPSA) is 78.5 Å². The zero-order valence-corrected chi connectivity index (χ0v) is 13.3. The number of aromatic amines is 1. The van der Waals surface area contributed by atoms with Crippen molar-refractivity contribution in [2.24, 2.45) is 0 Å². The summed E-state index contributed by atoms with van der Waals surface area (Å²) in [6, 6.07) is 5.99. The number of piperazine rings is 1. The highest BCUT2D eigenvalue weighted by Gasteiger charge is 2.27. The largest absolute Gasteiger partial charge is 0.384 e. The Morgan fingerprint density at radius 3 is 2.77 bits per heavy atom. The summed E-state index contributed by atoms with van der Waals surface area (Å²) in [5.74, 6) is 0.0401. The Kier molecular flexibility index (Phi) is 4.32. The van der Waals surface area contributed by atoms with E-state index in [4.69, 9.17) is 4.74 Å². The van der Waals surface area contributed by atoms with Crippen LogP contribution in [0.15, 0.2) is 24.5 Å². The smallest absolute Gasteiger partial charge is 0.216 e. The molecule has 1 saturated heterocycles. The molecule has 2 aromatic rings. The van der Waals surface area contributed by atoms with Crippen LogP contribution in [0.3, 0.4) is 0 Å². The monoisotopic (exact) mass is 324 g/mol. The van der Waals surface area contributed by atoms with Crippen LogP contribution in [0.5, 0.6) is 0 Å². The predicted molar refractivity (Wildman–Crippen MR) is 85.5 cm³/mol. The molecule has 2 heterocycles. The quantitative estimate of drug-likeness (QED) is 0.874. The fourth-order valence-electron chi connectivity index (χ4n) is 2.73. The number of nitrogens with one attached hydrogen (secondary N) is 1. The summed E-state index contributed by atoms with van der Waals surface area (Å²) in [5.41, 5.74) is 2.97. The Hall–Kier alpha value is -1.64. The van der Waals surface area contributed by atoms with E-state index in [1.54, 1.807) is 10.6 Å². The minimum Gasteiger partial charge on any atom is -0.384 e. The standard InChI is InChI=1S/C14H20N4O3S/c1-21-9-10-22(19,20)18-7-5-17(6-8-18)13-4-2-3-12-14(13)16-11-15-12/h2-4,11H,5-10H2,1H3,(H,15,16). The SMILES string of the molecule is COCCS(=O)(=O)N1CCN(c2cccc3[nH]cnc23)CC1. The van der Waals surface area contributed by atoms with E-state index in [-0.39, 0.29) is 12.4 Å². The van der Waals surface area contributed by atoms with Gasteiger partial charge in [-0.3, -0.25) is 0 Å². The summed E-state index contributed by atoms with van der Waals surface area (Å²) in [7, 11) is -1.71. The van der Waals surface area contributed by atoms with Gasteiger partial charge in [0.15, 0.2) is 0 Å². The number of anilines is 1. The van der Waals surface area contributed by atoms with Gasteiger partial charge in [-0.15, -0.1) is 0 Å². The molecule has 0 bridgehead atoms. The molecule has 8 heteroatoms. The van der Waals surface area contributed by atoms with Crippen molar-refractivity contribution >= 4 is 26.7 Å². The third kappa shape index (κ3) is 2.94. The highest BCUT2D eigenvalue weighted by atomic mass is 32.2. The van der Waals surface area contributed by atoms with Crippen LogP contribution in [-0.2, 0) is 14.8 Å². The minimum atomic E-state index is -3.22. The third-order valence-electron chi connectivity index (χ3n) is 3.95. The molecule has 1 N–H and O–H groups in total. The molecule has 1 fully saturated rings. The number of imidazole rings is 1. The molecule has 120 valence electrons. The molecular formula is C14H20N4O3S. The number of hydrogen-bond donors (Lipinski definition) is 1. The van der Waals surface area contributed by atoms with Gasteiger partial charge in [0.2, 0.25) is 10.0 Å². The number of nitrogens with zero attached hydrogens (tertiary/aromatic N) is 3. The number of rotatable bonds is 5. The molecule has 7 nitrogen and oxygen atoms in total. The second-order valence-electron chi connectivity index (χ2n) is 5.27. The molecule has 0 aliphatic carbocycles. The van der Waals surface area contributed by atoms with E-state index >= 15 is 0 Å². The Labute approximate surface area is 129 Å². The second-order valence-corrected chi connectivity index (χ2v) is 7.36. The van der Waals surface area contributed by atoms with E-state index in [1.807, 2.05) is 18.2 Å². The lowest BCUT2D eigenvalue weighted by atomic mass is 10.2. The first-order valence-corrected chi connectivity index (χ1v) is 8.86. The van der Waals surface area contributed by atoms with Gasteiger partial charge in [-0.1, -0.05) is 6.07 Å². The highest BCUT2D eigenvalue weighted by Crippen LogP contribution is 2.25. The minimum absolute atomic E-state index is 0.0401. The molecule has 1 aliphatic rings. The number of para-hydroxylation sites is 1. The first-order chi connectivity index (χ1) is 10.6. The van der Waals surface area contributed by atoms with E-state index in [9.17, 15) is 8.42 Å². The molecule has 0 spiro atoms. The number of H-pyrrole nitrogens is 1. The maximum atomic E-state index is 12.2. The fraction of sp³-hybridized carbons (Fsp3) is 0.500. The lowest BCUT2D eigenvalue weighted by Gasteiger charge is -2.35. The van der Waals surface area contributed by atoms with E-state index in [2.05, 4.69) is 14.9 Å². The number of benzene rings is 1. The average Bonchev–Trinajstić information content (AvgIpc) is 3.01. The first-order valence-electron chi connectivity index (χ1n) is 7.25. The van der Waals surface area contributed by atoms with Crippen molar-refractivity contribution in [3.63, 3.8) is 0 Å². The van der Waals surface area contributed by atoms with Crippen molar-refractivity contribution in [1.82, 2.24) is 14.3 Å². The number of methoxy groups -OCH3 is 1. The Bertz CT molecular complexity index is 735. The van der Waals surface area contributed by atoms with Crippen LogP contribution in [0, 0.1) is 0 Å². The van der Waals surface area contributed by atoms with Crippen molar-refractivity contribution in [3.8, 4) is 0 Å². The third-order valence-corrected chi connectivity index (χ3v) is 5.78. The maximum absolute atomic E-state index is 12.2. The summed E-state index contributed by atoms with van der Waals surface area (Å²) >= 11 is 0. The van der Waals surface area contributed by atoms with Gasteiger partial charge in [0.1, 0.15) is 5.52 Å². The molecule has 1 aromatic carbocycles. The molecule has 0 radical (unpaired) electrons. The normalized spacial score (nSPS) is 17.2. The summed E-state index contributed by atoms with van der Waals surface area (Å²) < 4.78 is 30.8. The van der Waals surface area contributed by atoms with Gasteiger partial charge in [-0.05, 0) is 12.1 Å². The van der Waals surface area contributed by atoms with Crippen molar-refractivity contribution in [3.05, 3.63) is 24.5 Å². The molecule has 22 heavy (non-hydrogen) atoms. The summed E-state index contributed by atoms with van der Waals surface area (Å²) in [4.78, 5) is 9.64. The van der Waals surface area contributed by atoms with Crippen molar-refractivity contribution in [2.45, 2.75) is 0 Å². The van der Waals surface area contributed by atoms with Gasteiger partial charge in [0, 0.05) is 33.3 Å². The second kappa shape index (κ2) is 6.23. The zero-order chi connectivity index (χ0) is 15.6. The van der Waals surface area contributed by atoms with Crippen LogP contribution < -0.4 is 4.90 Å². The van der Waals surface area contributed by atoms with Crippen LogP contribution in [-0.4, -0.2) is 68.3 Å². The lowest BCUT2D eigenvalue weighted by Crippen LogP contribution is -2.49. The summed E-state index contributed by atoms with van der Waals surface area (Å²) in [5, 5.41) is 0. The van der Waals surface area contributed by atoms with Gasteiger partial charge < -0.3 is 14.6 Å². The number of aromatic nitrogens is 2. The van der Waals surface area contributed by atoms with E-state index in [0.717, 1.165) is 16.7 Å². The summed E-state index contributed by atoms with van der Waals surface area (Å²) in [6.45, 7) is 2.55. The Morgan fingerprint density at radius 1 is 1.27 bits per heavy atom. The van der Waals surface area contributed by atoms with Crippen molar-refractivity contribution < 1.29 is 13.2 Å². The Morgan fingerprint density at radius 2 is 2.05 bits per heavy atom. The van der Waals surface area contributed by atoms with Crippen molar-refractivity contribution in [2.75, 3.05) is 50.5 Å². The lowest BCUT2D eigenvalue weighted by molar-refractivity contribution is 0.215. The Balaban J connectivity index is 1.71. The highest BCUT2D eigenvalue weighted by molar-refractivity contribution is 7.89. The van der Waals surface area contributed by atoms with Crippen molar-refractivity contribution in [1.29, 1.82) is 0 Å². The van der Waals surface area contributed by atoms with E-state index in [0.29, 0.717) is 26.2 Å². The molecule has 0 atom stereocenters. The maximum Gasteiger partial charge on any atom is 0.216 e. The van der Waals surface area contributed by atoms with Crippen LogP contribution in [0.25, 0.3) is 11.0 Å². The number of fused-ring (bicyclic) bond motifs is 1. The summed E-state index contributed by atoms with van der Waals surface area (Å²) in [6.07, 6.45) is 1.68. The molecule has 0 saturated carbocycles. The molecule has 0 unspecified atom stereocenters. The number of sulfonamides is 1. The van der Waals surface area contributed by atoms with Gasteiger partial charge in [0.25, 0.3) is 0 Å². The number of hydrogen-bond acceptors (Lipinski definition) is 5. The van der Waals surface area contributed by atoms with E-state index in [1.165, 1.54) is 7.11 Å². The van der Waals surface area contributed by atoms with Gasteiger partial charge in [-0.2, -0.15) is 4.31 Å². The average molecular weight is 324 g/mol. The molecular weight excluding hydrogens is 304 g/mol. The van der Waals surface area contributed by atoms with Crippen LogP contribution in [0.1, 0.15) is 0 Å². The van der Waals surface area contributed by atoms with Gasteiger partial charge in [0.05, 0.1) is 29.9 Å². The fourth-order valence-corrected chi connectivity index (χ4v) is 4.09. The molecule has 1 aromatic heterocycles. The van der Waals surface area contributed by atoms with Gasteiger partial charge in [-0.25, -0.2) is 13.4 Å². The molecule has 1 aliphatic heterocycles. The van der Waals surface area contributed by atoms with Crippen LogP contribution in [0.4, 0.5) is 5.69 Å². The zero-order valence-electron chi connectivity index (χ0n) is 12.5.